The molecule has 1 aromatic carbocycles. The monoisotopic (exact) mass is 650 g/mol. The maximum absolute atomic E-state index is 12.4. The number of hydrogen-bond acceptors (Lipinski definition) is 7. The highest BCUT2D eigenvalue weighted by molar-refractivity contribution is 5.80. The molecule has 4 aliphatic carbocycles. The quantitative estimate of drug-likeness (QED) is 0.223. The number of amides is 2. The maximum atomic E-state index is 12.4. The van der Waals surface area contributed by atoms with E-state index in [1.807, 2.05) is 19.1 Å². The van der Waals surface area contributed by atoms with Crippen molar-refractivity contribution >= 4 is 18.1 Å². The molecule has 9 heteroatoms. The average Bonchev–Trinajstić information content (AvgIpc) is 3.27. The van der Waals surface area contributed by atoms with Gasteiger partial charge in [0, 0.05) is 36.1 Å². The van der Waals surface area contributed by atoms with Crippen molar-refractivity contribution < 1.29 is 34.0 Å². The molecule has 1 aromatic rings. The molecule has 4 fully saturated rings. The van der Waals surface area contributed by atoms with Crippen LogP contribution in [-0.4, -0.2) is 72.1 Å². The molecule has 1 heterocycles. The molecule has 1 saturated heterocycles. The molecular weight excluding hydrogens is 596 g/mol. The number of allylic oxidation sites excluding steroid dienone is 1. The molecular formula is C38H54N2O7. The smallest absolute Gasteiger partial charge is 0.325 e. The molecule has 258 valence electrons. The van der Waals surface area contributed by atoms with Gasteiger partial charge in [-0.2, -0.15) is 0 Å². The van der Waals surface area contributed by atoms with Crippen LogP contribution < -0.4 is 10.6 Å². The molecule has 9 nitrogen and oxygen atoms in total. The molecule has 6 atom stereocenters. The van der Waals surface area contributed by atoms with Crippen molar-refractivity contribution in [1.29, 1.82) is 0 Å². The number of esters is 1. The van der Waals surface area contributed by atoms with E-state index in [9.17, 15) is 19.8 Å². The van der Waals surface area contributed by atoms with Crippen LogP contribution in [0.4, 0.5) is 4.79 Å². The summed E-state index contributed by atoms with van der Waals surface area (Å²) in [7, 11) is 0. The highest BCUT2D eigenvalue weighted by atomic mass is 16.7. The minimum Gasteiger partial charge on any atom is -0.465 e. The summed E-state index contributed by atoms with van der Waals surface area (Å²) in [4.78, 5) is 23.4. The second kappa shape index (κ2) is 12.6. The minimum absolute atomic E-state index is 0.0273. The minimum atomic E-state index is -0.947. The van der Waals surface area contributed by atoms with Crippen LogP contribution in [0.3, 0.4) is 0 Å². The Kier molecular flexibility index (Phi) is 9.17. The van der Waals surface area contributed by atoms with Crippen molar-refractivity contribution in [2.75, 3.05) is 32.9 Å². The summed E-state index contributed by atoms with van der Waals surface area (Å²) in [5.74, 6) is -0.353. The van der Waals surface area contributed by atoms with E-state index in [-0.39, 0.29) is 29.9 Å². The second-order valence-corrected chi connectivity index (χ2v) is 16.0. The fourth-order valence-corrected chi connectivity index (χ4v) is 9.39. The first-order valence-electron chi connectivity index (χ1n) is 17.6. The first-order valence-corrected chi connectivity index (χ1v) is 17.6. The highest BCUT2D eigenvalue weighted by Crippen LogP contribution is 2.67. The van der Waals surface area contributed by atoms with Crippen LogP contribution in [0.2, 0.25) is 0 Å². The lowest BCUT2D eigenvalue weighted by atomic mass is 9.50. The van der Waals surface area contributed by atoms with Crippen LogP contribution in [-0.2, 0) is 19.0 Å². The number of aliphatic hydroxyl groups is 2. The Morgan fingerprint density at radius 3 is 2.43 bits per heavy atom. The SMILES string of the molecule is CCOC(=O)CNC(=O)NC/C=C/c1ccc(C2C[C@@]3(C)C(CC[C@]3(C)O)C3CCC4(O)CC5(CCC4=C23)OCC(C)(C)CO5)cc1. The molecule has 5 aliphatic rings. The van der Waals surface area contributed by atoms with Crippen LogP contribution in [0.1, 0.15) is 103 Å². The van der Waals surface area contributed by atoms with E-state index in [0.717, 1.165) is 44.1 Å². The van der Waals surface area contributed by atoms with Crippen molar-refractivity contribution in [1.82, 2.24) is 10.6 Å². The van der Waals surface area contributed by atoms with Crippen LogP contribution in [0.15, 0.2) is 41.5 Å². The Morgan fingerprint density at radius 1 is 1.00 bits per heavy atom. The summed E-state index contributed by atoms with van der Waals surface area (Å²) >= 11 is 0. The van der Waals surface area contributed by atoms with Gasteiger partial charge in [-0.15, -0.1) is 0 Å². The van der Waals surface area contributed by atoms with Crippen LogP contribution >= 0.6 is 0 Å². The number of fused-ring (bicyclic) bond motifs is 4. The summed E-state index contributed by atoms with van der Waals surface area (Å²) in [6.07, 6.45) is 10.1. The number of carbonyl (C=O) groups excluding carboxylic acids is 2. The standard InChI is InChI=1S/C38H54N2O7/c1-6-45-31(41)21-40-33(42)39-19-7-8-25-9-11-26(12-10-25)28-20-35(4)29(14-16-36(35,5)43)27-13-17-37(44)22-38(18-15-30(37)32(27)28)46-23-34(2,3)24-47-38/h7-12,27-29,43-44H,6,13-24H2,1-5H3,(H2,39,40,42)/b8-7+/t27?,28?,29?,35-,36-,37?/m0/s1. The van der Waals surface area contributed by atoms with E-state index in [1.54, 1.807) is 6.92 Å². The molecule has 4 unspecified atom stereocenters. The summed E-state index contributed by atoms with van der Waals surface area (Å²) < 4.78 is 17.6. The second-order valence-electron chi connectivity index (χ2n) is 16.0. The van der Waals surface area contributed by atoms with Gasteiger partial charge in [0.15, 0.2) is 5.79 Å². The van der Waals surface area contributed by atoms with Gasteiger partial charge in [0.25, 0.3) is 0 Å². The maximum Gasteiger partial charge on any atom is 0.325 e. The van der Waals surface area contributed by atoms with E-state index in [0.29, 0.717) is 44.4 Å². The van der Waals surface area contributed by atoms with Crippen molar-refractivity contribution in [3.63, 3.8) is 0 Å². The van der Waals surface area contributed by atoms with Crippen molar-refractivity contribution in [3.05, 3.63) is 52.6 Å². The summed E-state index contributed by atoms with van der Waals surface area (Å²) in [6, 6.07) is 8.15. The van der Waals surface area contributed by atoms with Crippen LogP contribution in [0.5, 0.6) is 0 Å². The Hall–Kier alpha value is -2.72. The number of carbonyl (C=O) groups is 2. The zero-order valence-corrected chi connectivity index (χ0v) is 28.8. The van der Waals surface area contributed by atoms with E-state index in [2.05, 4.69) is 55.7 Å². The van der Waals surface area contributed by atoms with Crippen LogP contribution in [0.25, 0.3) is 6.08 Å². The van der Waals surface area contributed by atoms with Gasteiger partial charge < -0.3 is 35.1 Å². The molecule has 1 aliphatic heterocycles. The lowest BCUT2D eigenvalue weighted by molar-refractivity contribution is -0.322. The van der Waals surface area contributed by atoms with Gasteiger partial charge in [-0.05, 0) is 80.9 Å². The van der Waals surface area contributed by atoms with Crippen molar-refractivity contribution in [3.8, 4) is 0 Å². The third kappa shape index (κ3) is 6.53. The third-order valence-electron chi connectivity index (χ3n) is 12.2. The van der Waals surface area contributed by atoms with Gasteiger partial charge >= 0.3 is 12.0 Å². The number of ether oxygens (including phenoxy) is 3. The van der Waals surface area contributed by atoms with Crippen LogP contribution in [0, 0.1) is 22.7 Å². The van der Waals surface area contributed by atoms with Crippen molar-refractivity contribution in [2.45, 2.75) is 109 Å². The van der Waals surface area contributed by atoms with Gasteiger partial charge in [-0.25, -0.2) is 4.79 Å². The number of nitrogens with one attached hydrogen (secondary N) is 2. The fraction of sp³-hybridized carbons (Fsp3) is 0.684. The molecule has 3 saturated carbocycles. The number of benzene rings is 1. The summed E-state index contributed by atoms with van der Waals surface area (Å²) in [5, 5.41) is 29.3. The molecule has 4 N–H and O–H groups in total. The van der Waals surface area contributed by atoms with Gasteiger partial charge in [0.2, 0.25) is 0 Å². The molecule has 1 spiro atoms. The Balaban J connectivity index is 1.22. The Morgan fingerprint density at radius 2 is 1.72 bits per heavy atom. The zero-order chi connectivity index (χ0) is 33.7. The van der Waals surface area contributed by atoms with E-state index >= 15 is 0 Å². The Bertz CT molecular complexity index is 1410. The van der Waals surface area contributed by atoms with Crippen molar-refractivity contribution in [2.24, 2.45) is 22.7 Å². The number of urea groups is 1. The largest absolute Gasteiger partial charge is 0.465 e. The van der Waals surface area contributed by atoms with E-state index in [1.165, 1.54) is 16.7 Å². The third-order valence-corrected chi connectivity index (χ3v) is 12.2. The Labute approximate surface area is 279 Å². The lowest BCUT2D eigenvalue weighted by Gasteiger charge is -2.58. The van der Waals surface area contributed by atoms with E-state index < -0.39 is 29.0 Å². The normalized spacial score (nSPS) is 35.6. The molecule has 47 heavy (non-hydrogen) atoms. The molecule has 0 aromatic heterocycles. The lowest BCUT2D eigenvalue weighted by Crippen LogP contribution is -2.58. The van der Waals surface area contributed by atoms with Gasteiger partial charge in [-0.1, -0.05) is 62.8 Å². The number of hydrogen-bond donors (Lipinski definition) is 4. The average molecular weight is 651 g/mol. The topological polar surface area (TPSA) is 126 Å². The molecule has 0 radical (unpaired) electrons. The van der Waals surface area contributed by atoms with Gasteiger partial charge in [0.05, 0.1) is 31.0 Å². The number of rotatable bonds is 7. The fourth-order valence-electron chi connectivity index (χ4n) is 9.39. The first-order chi connectivity index (χ1) is 22.2. The molecule has 2 amide bonds. The molecule has 0 bridgehead atoms. The predicted octanol–water partition coefficient (Wildman–Crippen LogP) is 5.61. The summed E-state index contributed by atoms with van der Waals surface area (Å²) in [5.41, 5.74) is 2.92. The first kappa shape index (κ1) is 34.2. The predicted molar refractivity (Wildman–Crippen MR) is 179 cm³/mol. The summed E-state index contributed by atoms with van der Waals surface area (Å²) in [6.45, 7) is 12.1. The highest BCUT2D eigenvalue weighted by Gasteiger charge is 2.63. The molecule has 6 rings (SSSR count). The van der Waals surface area contributed by atoms with Gasteiger partial charge in [0.1, 0.15) is 6.54 Å². The zero-order valence-electron chi connectivity index (χ0n) is 28.8. The van der Waals surface area contributed by atoms with E-state index in [4.69, 9.17) is 14.2 Å². The van der Waals surface area contributed by atoms with Gasteiger partial charge in [-0.3, -0.25) is 4.79 Å².